The number of amides is 1. The molecule has 5 rings (SSSR count). The normalized spacial score (nSPS) is 18.1. The van der Waals surface area contributed by atoms with Crippen LogP contribution in [0.25, 0.3) is 10.2 Å². The number of sulfonamides is 1. The molecule has 7 nitrogen and oxygen atoms in total. The van der Waals surface area contributed by atoms with Crippen LogP contribution >= 0.6 is 22.9 Å². The van der Waals surface area contributed by atoms with Gasteiger partial charge < -0.3 is 9.80 Å². The summed E-state index contributed by atoms with van der Waals surface area (Å²) in [6.45, 7) is 3.66. The van der Waals surface area contributed by atoms with Crippen molar-refractivity contribution in [3.05, 3.63) is 53.1 Å². The van der Waals surface area contributed by atoms with E-state index in [1.807, 2.05) is 23.1 Å². The zero-order valence-electron chi connectivity index (χ0n) is 18.1. The van der Waals surface area contributed by atoms with Gasteiger partial charge in [-0.05, 0) is 49.2 Å². The predicted molar refractivity (Wildman–Crippen MR) is 132 cm³/mol. The van der Waals surface area contributed by atoms with E-state index in [2.05, 4.69) is 9.88 Å². The first-order valence-corrected chi connectivity index (χ1v) is 13.8. The Morgan fingerprint density at radius 3 is 2.27 bits per heavy atom. The summed E-state index contributed by atoms with van der Waals surface area (Å²) < 4.78 is 28.3. The van der Waals surface area contributed by atoms with E-state index in [-0.39, 0.29) is 10.8 Å². The van der Waals surface area contributed by atoms with Crippen molar-refractivity contribution in [2.45, 2.75) is 24.2 Å². The third-order valence-corrected chi connectivity index (χ3v) is 9.55. The summed E-state index contributed by atoms with van der Waals surface area (Å²) in [7, 11) is -3.50. The highest BCUT2D eigenvalue weighted by atomic mass is 35.5. The number of anilines is 1. The van der Waals surface area contributed by atoms with Gasteiger partial charge in [-0.25, -0.2) is 13.4 Å². The summed E-state index contributed by atoms with van der Waals surface area (Å²) in [4.78, 5) is 21.9. The summed E-state index contributed by atoms with van der Waals surface area (Å²) in [5.74, 6) is -0.0797. The van der Waals surface area contributed by atoms with E-state index in [9.17, 15) is 13.2 Å². The highest BCUT2D eigenvalue weighted by Crippen LogP contribution is 2.33. The molecule has 0 unspecified atom stereocenters. The van der Waals surface area contributed by atoms with Crippen LogP contribution in [0.5, 0.6) is 0 Å². The Kier molecular flexibility index (Phi) is 6.30. The lowest BCUT2D eigenvalue weighted by Crippen LogP contribution is -2.48. The molecule has 0 atom stereocenters. The van der Waals surface area contributed by atoms with Gasteiger partial charge in [-0.3, -0.25) is 4.79 Å². The number of hydrogen-bond acceptors (Lipinski definition) is 6. The maximum atomic E-state index is 13.0. The van der Waals surface area contributed by atoms with Crippen LogP contribution in [-0.2, 0) is 10.0 Å². The molecule has 2 saturated heterocycles. The largest absolute Gasteiger partial charge is 0.345 e. The van der Waals surface area contributed by atoms with Crippen LogP contribution < -0.4 is 4.90 Å². The van der Waals surface area contributed by atoms with Gasteiger partial charge in [-0.1, -0.05) is 35.4 Å². The fraction of sp³-hybridized carbons (Fsp3) is 0.391. The Balaban J connectivity index is 1.24. The van der Waals surface area contributed by atoms with Crippen molar-refractivity contribution in [3.8, 4) is 0 Å². The highest BCUT2D eigenvalue weighted by molar-refractivity contribution is 7.89. The summed E-state index contributed by atoms with van der Waals surface area (Å²) in [6, 6.07) is 12.1. The summed E-state index contributed by atoms with van der Waals surface area (Å²) in [6.07, 6.45) is 2.86. The van der Waals surface area contributed by atoms with Crippen LogP contribution in [0, 0.1) is 0 Å². The molecule has 10 heteroatoms. The van der Waals surface area contributed by atoms with Crippen LogP contribution in [0.15, 0.2) is 47.4 Å². The molecule has 33 heavy (non-hydrogen) atoms. The van der Waals surface area contributed by atoms with E-state index < -0.39 is 10.0 Å². The molecule has 0 saturated carbocycles. The monoisotopic (exact) mass is 504 g/mol. The number of halogens is 1. The van der Waals surface area contributed by atoms with Gasteiger partial charge in [0, 0.05) is 44.8 Å². The van der Waals surface area contributed by atoms with Gasteiger partial charge >= 0.3 is 0 Å². The van der Waals surface area contributed by atoms with Crippen LogP contribution in [0.2, 0.25) is 5.02 Å². The van der Waals surface area contributed by atoms with Crippen molar-refractivity contribution in [1.82, 2.24) is 14.2 Å². The molecule has 3 heterocycles. The number of benzene rings is 2. The van der Waals surface area contributed by atoms with Crippen LogP contribution in [-0.4, -0.2) is 67.8 Å². The van der Waals surface area contributed by atoms with E-state index >= 15 is 0 Å². The Morgan fingerprint density at radius 2 is 1.61 bits per heavy atom. The van der Waals surface area contributed by atoms with Crippen molar-refractivity contribution in [2.24, 2.45) is 0 Å². The molecule has 1 aromatic heterocycles. The number of hydrogen-bond donors (Lipinski definition) is 0. The molecular formula is C23H25ClN4O3S2. The summed E-state index contributed by atoms with van der Waals surface area (Å²) >= 11 is 7.86. The minimum Gasteiger partial charge on any atom is -0.345 e. The highest BCUT2D eigenvalue weighted by Gasteiger charge is 2.27. The minimum atomic E-state index is -3.50. The van der Waals surface area contributed by atoms with Crippen molar-refractivity contribution >= 4 is 54.2 Å². The zero-order valence-corrected chi connectivity index (χ0v) is 20.5. The standard InChI is InChI=1S/C23H25ClN4O3S2/c24-19-5-4-6-20-21(19)25-23(32-20)27-15-13-26(14-16-27)22(29)17-7-9-18(10-8-17)33(30,31)28-11-2-1-3-12-28/h4-10H,1-3,11-16H2. The van der Waals surface area contributed by atoms with Gasteiger partial charge in [-0.2, -0.15) is 4.31 Å². The maximum Gasteiger partial charge on any atom is 0.253 e. The molecule has 174 valence electrons. The number of fused-ring (bicyclic) bond motifs is 1. The lowest BCUT2D eigenvalue weighted by atomic mass is 10.2. The number of thiazole rings is 1. The summed E-state index contributed by atoms with van der Waals surface area (Å²) in [5, 5.41) is 1.56. The average molecular weight is 505 g/mol. The van der Waals surface area contributed by atoms with Crippen LogP contribution in [0.4, 0.5) is 5.13 Å². The van der Waals surface area contributed by atoms with Crippen LogP contribution in [0.1, 0.15) is 29.6 Å². The second-order valence-electron chi connectivity index (χ2n) is 8.35. The lowest BCUT2D eigenvalue weighted by molar-refractivity contribution is 0.0746. The van der Waals surface area contributed by atoms with E-state index in [1.165, 1.54) is 0 Å². The SMILES string of the molecule is O=C(c1ccc(S(=O)(=O)N2CCCCC2)cc1)N1CCN(c2nc3c(Cl)cccc3s2)CC1. The molecule has 2 aliphatic rings. The fourth-order valence-electron chi connectivity index (χ4n) is 4.35. The maximum absolute atomic E-state index is 13.0. The van der Waals surface area contributed by atoms with Gasteiger partial charge in [0.15, 0.2) is 5.13 Å². The van der Waals surface area contributed by atoms with E-state index in [0.29, 0.717) is 49.9 Å². The van der Waals surface area contributed by atoms with E-state index in [1.54, 1.807) is 39.9 Å². The third-order valence-electron chi connectivity index (χ3n) is 6.25. The molecule has 0 aliphatic carbocycles. The first kappa shape index (κ1) is 22.6. The molecular weight excluding hydrogens is 480 g/mol. The summed E-state index contributed by atoms with van der Waals surface area (Å²) in [5.41, 5.74) is 1.32. The van der Waals surface area contributed by atoms with E-state index in [0.717, 1.165) is 34.6 Å². The van der Waals surface area contributed by atoms with Crippen molar-refractivity contribution in [1.29, 1.82) is 0 Å². The molecule has 2 aliphatic heterocycles. The minimum absolute atomic E-state index is 0.0797. The molecule has 2 aromatic carbocycles. The van der Waals surface area contributed by atoms with Gasteiger partial charge in [-0.15, -0.1) is 0 Å². The number of piperidine rings is 1. The van der Waals surface area contributed by atoms with Crippen LogP contribution in [0.3, 0.4) is 0 Å². The van der Waals surface area contributed by atoms with Gasteiger partial charge in [0.25, 0.3) is 5.91 Å². The Morgan fingerprint density at radius 1 is 0.909 bits per heavy atom. The number of rotatable bonds is 4. The lowest BCUT2D eigenvalue weighted by Gasteiger charge is -2.34. The number of aromatic nitrogens is 1. The van der Waals surface area contributed by atoms with Gasteiger partial charge in [0.2, 0.25) is 10.0 Å². The predicted octanol–water partition coefficient (Wildman–Crippen LogP) is 4.09. The Bertz CT molecular complexity index is 1260. The smallest absolute Gasteiger partial charge is 0.253 e. The number of para-hydroxylation sites is 1. The second-order valence-corrected chi connectivity index (χ2v) is 11.7. The van der Waals surface area contributed by atoms with Crippen molar-refractivity contribution in [3.63, 3.8) is 0 Å². The number of piperazine rings is 1. The van der Waals surface area contributed by atoms with Gasteiger partial charge in [0.1, 0.15) is 5.52 Å². The number of nitrogens with zero attached hydrogens (tertiary/aromatic N) is 4. The topological polar surface area (TPSA) is 73.8 Å². The van der Waals surface area contributed by atoms with Crippen molar-refractivity contribution in [2.75, 3.05) is 44.2 Å². The first-order chi connectivity index (χ1) is 15.9. The molecule has 0 bridgehead atoms. The first-order valence-electron chi connectivity index (χ1n) is 11.1. The average Bonchev–Trinajstić information content (AvgIpc) is 3.30. The molecule has 3 aromatic rings. The number of carbonyl (C=O) groups excluding carboxylic acids is 1. The molecule has 0 N–H and O–H groups in total. The molecule has 1 amide bonds. The third kappa shape index (κ3) is 4.47. The fourth-order valence-corrected chi connectivity index (χ4v) is 7.18. The molecule has 2 fully saturated rings. The molecule has 0 radical (unpaired) electrons. The number of carbonyl (C=O) groups is 1. The van der Waals surface area contributed by atoms with Crippen molar-refractivity contribution < 1.29 is 13.2 Å². The van der Waals surface area contributed by atoms with Gasteiger partial charge in [0.05, 0.1) is 14.6 Å². The Labute approximate surface area is 202 Å². The molecule has 0 spiro atoms. The van der Waals surface area contributed by atoms with E-state index in [4.69, 9.17) is 11.6 Å². The quantitative estimate of drug-likeness (QED) is 0.535. The Hall–Kier alpha value is -2.20. The zero-order chi connectivity index (χ0) is 23.0. The second kappa shape index (κ2) is 9.21.